The Kier molecular flexibility index (Phi) is 5.77. The molecule has 0 unspecified atom stereocenters. The van der Waals surface area contributed by atoms with E-state index in [1.807, 2.05) is 66.7 Å². The third-order valence-electron chi connectivity index (χ3n) is 4.53. The minimum Gasteiger partial charge on any atom is -0.507 e. The number of thioether (sulfide) groups is 1. The number of carbonyl (C=O) groups excluding carboxylic acids is 1. The Hall–Kier alpha value is -3.31. The number of phenolic OH excluding ortho intramolecular Hbond substituents is 1. The molecule has 0 aromatic heterocycles. The summed E-state index contributed by atoms with van der Waals surface area (Å²) >= 11 is 1.35. The Morgan fingerprint density at radius 2 is 1.48 bits per heavy atom. The van der Waals surface area contributed by atoms with E-state index in [2.05, 4.69) is 0 Å². The zero-order valence-corrected chi connectivity index (χ0v) is 16.5. The lowest BCUT2D eigenvalue weighted by molar-refractivity contribution is -0.122. The van der Waals surface area contributed by atoms with E-state index >= 15 is 0 Å². The van der Waals surface area contributed by atoms with Gasteiger partial charge in [-0.1, -0.05) is 78.9 Å². The van der Waals surface area contributed by atoms with Gasteiger partial charge in [-0.3, -0.25) is 14.7 Å². The van der Waals surface area contributed by atoms with Gasteiger partial charge in [0.2, 0.25) is 0 Å². The van der Waals surface area contributed by atoms with Crippen molar-refractivity contribution in [2.24, 2.45) is 4.99 Å². The Morgan fingerprint density at radius 1 is 0.862 bits per heavy atom. The van der Waals surface area contributed by atoms with Gasteiger partial charge >= 0.3 is 0 Å². The first-order chi connectivity index (χ1) is 14.2. The molecule has 1 aliphatic rings. The van der Waals surface area contributed by atoms with Crippen LogP contribution in [0.25, 0.3) is 6.08 Å². The highest BCUT2D eigenvalue weighted by atomic mass is 32.2. The van der Waals surface area contributed by atoms with Crippen molar-refractivity contribution in [2.75, 3.05) is 0 Å². The van der Waals surface area contributed by atoms with Crippen LogP contribution in [0.15, 0.2) is 94.8 Å². The number of aliphatic imine (C=N–C) groups is 1. The molecular formula is C24H20N2O2S. The van der Waals surface area contributed by atoms with E-state index in [-0.39, 0.29) is 11.7 Å². The average Bonchev–Trinajstić information content (AvgIpc) is 3.04. The Labute approximate surface area is 174 Å². The van der Waals surface area contributed by atoms with Gasteiger partial charge in [0.1, 0.15) is 5.75 Å². The van der Waals surface area contributed by atoms with Crippen molar-refractivity contribution in [1.29, 1.82) is 0 Å². The van der Waals surface area contributed by atoms with Gasteiger partial charge in [0, 0.05) is 5.56 Å². The predicted molar refractivity (Wildman–Crippen MR) is 118 cm³/mol. The number of aromatic hydroxyl groups is 1. The molecule has 0 radical (unpaired) electrons. The van der Waals surface area contributed by atoms with Gasteiger partial charge in [-0.05, 0) is 35.0 Å². The fourth-order valence-electron chi connectivity index (χ4n) is 3.02. The molecule has 4 nitrogen and oxygen atoms in total. The molecule has 29 heavy (non-hydrogen) atoms. The van der Waals surface area contributed by atoms with Gasteiger partial charge in [0.25, 0.3) is 5.91 Å². The number of nitrogens with zero attached hydrogens (tertiary/aromatic N) is 2. The van der Waals surface area contributed by atoms with Crippen LogP contribution in [0.2, 0.25) is 0 Å². The molecule has 1 N–H and O–H groups in total. The van der Waals surface area contributed by atoms with Crippen LogP contribution in [0.5, 0.6) is 5.75 Å². The second-order valence-corrected chi connectivity index (χ2v) is 7.64. The van der Waals surface area contributed by atoms with Crippen molar-refractivity contribution in [3.8, 4) is 5.75 Å². The summed E-state index contributed by atoms with van der Waals surface area (Å²) in [7, 11) is 0. The van der Waals surface area contributed by atoms with Crippen LogP contribution in [-0.4, -0.2) is 21.1 Å². The summed E-state index contributed by atoms with van der Waals surface area (Å²) in [5.74, 6) is 0.0478. The Balaban J connectivity index is 1.65. The fourth-order valence-corrected chi connectivity index (χ4v) is 3.99. The lowest BCUT2D eigenvalue weighted by Gasteiger charge is -2.15. The van der Waals surface area contributed by atoms with Crippen molar-refractivity contribution in [1.82, 2.24) is 4.90 Å². The first-order valence-corrected chi connectivity index (χ1v) is 10.1. The number of phenols is 1. The lowest BCUT2D eigenvalue weighted by Crippen LogP contribution is -2.28. The maximum Gasteiger partial charge on any atom is 0.267 e. The van der Waals surface area contributed by atoms with Crippen molar-refractivity contribution in [3.63, 3.8) is 0 Å². The molecule has 144 valence electrons. The van der Waals surface area contributed by atoms with Crippen molar-refractivity contribution < 1.29 is 9.90 Å². The van der Waals surface area contributed by atoms with E-state index < -0.39 is 0 Å². The molecule has 1 saturated heterocycles. The topological polar surface area (TPSA) is 52.9 Å². The van der Waals surface area contributed by atoms with Gasteiger partial charge in [-0.25, -0.2) is 0 Å². The second-order valence-electron chi connectivity index (χ2n) is 6.63. The van der Waals surface area contributed by atoms with Gasteiger partial charge in [0.05, 0.1) is 18.0 Å². The van der Waals surface area contributed by atoms with E-state index in [1.165, 1.54) is 11.8 Å². The standard InChI is InChI=1S/C24H20N2O2S/c27-21-14-8-7-13-20(21)15-22-23(28)26(17-19-11-5-2-6-12-19)24(29-22)25-16-18-9-3-1-4-10-18/h1-15,27H,16-17H2/b22-15-,25-24?. The number of rotatable bonds is 5. The Morgan fingerprint density at radius 3 is 2.17 bits per heavy atom. The molecule has 0 saturated carbocycles. The molecule has 1 aliphatic heterocycles. The smallest absolute Gasteiger partial charge is 0.267 e. The molecule has 1 heterocycles. The maximum absolute atomic E-state index is 13.1. The van der Waals surface area contributed by atoms with E-state index in [4.69, 9.17) is 4.99 Å². The summed E-state index contributed by atoms with van der Waals surface area (Å²) in [6, 6.07) is 26.8. The first-order valence-electron chi connectivity index (χ1n) is 9.32. The zero-order chi connectivity index (χ0) is 20.1. The molecule has 0 bridgehead atoms. The SMILES string of the molecule is O=C1/C(=C/c2ccccc2O)SC(=NCc2ccccc2)N1Cc1ccccc1. The monoisotopic (exact) mass is 400 g/mol. The molecule has 0 atom stereocenters. The fraction of sp³-hybridized carbons (Fsp3) is 0.0833. The van der Waals surface area contributed by atoms with Crippen molar-refractivity contribution >= 4 is 28.9 Å². The van der Waals surface area contributed by atoms with E-state index in [0.717, 1.165) is 11.1 Å². The van der Waals surface area contributed by atoms with Crippen LogP contribution in [0.4, 0.5) is 0 Å². The minimum absolute atomic E-state index is 0.103. The first kappa shape index (κ1) is 19.0. The number of amides is 1. The minimum atomic E-state index is -0.103. The molecule has 1 fully saturated rings. The molecular weight excluding hydrogens is 380 g/mol. The zero-order valence-electron chi connectivity index (χ0n) is 15.7. The van der Waals surface area contributed by atoms with Crippen LogP contribution < -0.4 is 0 Å². The summed E-state index contributed by atoms with van der Waals surface area (Å²) in [5.41, 5.74) is 2.75. The van der Waals surface area contributed by atoms with Crippen LogP contribution in [0, 0.1) is 0 Å². The normalized spacial score (nSPS) is 16.7. The number of carbonyl (C=O) groups is 1. The summed E-state index contributed by atoms with van der Waals surface area (Å²) < 4.78 is 0. The highest BCUT2D eigenvalue weighted by molar-refractivity contribution is 8.18. The van der Waals surface area contributed by atoms with Crippen LogP contribution in [0.3, 0.4) is 0 Å². The highest BCUT2D eigenvalue weighted by Crippen LogP contribution is 2.35. The summed E-state index contributed by atoms with van der Waals surface area (Å²) in [6.07, 6.45) is 1.73. The highest BCUT2D eigenvalue weighted by Gasteiger charge is 2.33. The molecule has 3 aromatic rings. The molecule has 0 aliphatic carbocycles. The molecule has 1 amide bonds. The van der Waals surface area contributed by atoms with Crippen LogP contribution in [-0.2, 0) is 17.9 Å². The van der Waals surface area contributed by atoms with E-state index in [9.17, 15) is 9.90 Å². The van der Waals surface area contributed by atoms with Gasteiger partial charge in [-0.2, -0.15) is 0 Å². The number of hydrogen-bond donors (Lipinski definition) is 1. The predicted octanol–water partition coefficient (Wildman–Crippen LogP) is 5.06. The van der Waals surface area contributed by atoms with Crippen LogP contribution in [0.1, 0.15) is 16.7 Å². The molecule has 0 spiro atoms. The summed E-state index contributed by atoms with van der Waals surface area (Å²) in [6.45, 7) is 0.962. The van der Waals surface area contributed by atoms with Gasteiger partial charge in [0.15, 0.2) is 5.17 Å². The number of para-hydroxylation sites is 1. The molecule has 3 aromatic carbocycles. The van der Waals surface area contributed by atoms with Crippen molar-refractivity contribution in [3.05, 3.63) is 107 Å². The van der Waals surface area contributed by atoms with Gasteiger partial charge < -0.3 is 5.11 Å². The van der Waals surface area contributed by atoms with Gasteiger partial charge in [-0.15, -0.1) is 0 Å². The lowest BCUT2D eigenvalue weighted by atomic mass is 10.2. The number of benzene rings is 3. The largest absolute Gasteiger partial charge is 0.507 e. The van der Waals surface area contributed by atoms with E-state index in [1.54, 1.807) is 29.2 Å². The summed E-state index contributed by atoms with van der Waals surface area (Å²) in [4.78, 5) is 20.1. The van der Waals surface area contributed by atoms with Crippen LogP contribution >= 0.6 is 11.8 Å². The number of amidine groups is 1. The van der Waals surface area contributed by atoms with E-state index in [0.29, 0.717) is 28.7 Å². The maximum atomic E-state index is 13.1. The summed E-state index contributed by atoms with van der Waals surface area (Å²) in [5, 5.41) is 10.7. The molecule has 4 rings (SSSR count). The Bertz CT molecular complexity index is 1060. The average molecular weight is 401 g/mol. The number of hydrogen-bond acceptors (Lipinski definition) is 4. The molecule has 5 heteroatoms. The van der Waals surface area contributed by atoms with Crippen molar-refractivity contribution in [2.45, 2.75) is 13.1 Å². The second kappa shape index (κ2) is 8.80. The third-order valence-corrected chi connectivity index (χ3v) is 5.58. The third kappa shape index (κ3) is 4.58. The quantitative estimate of drug-likeness (QED) is 0.609.